The van der Waals surface area contributed by atoms with Gasteiger partial charge in [0.15, 0.2) is 6.29 Å². The third-order valence-corrected chi connectivity index (χ3v) is 1.77. The van der Waals surface area contributed by atoms with E-state index in [4.69, 9.17) is 4.42 Å². The van der Waals surface area contributed by atoms with E-state index >= 15 is 0 Å². The summed E-state index contributed by atoms with van der Waals surface area (Å²) in [6.45, 7) is 3.93. The van der Waals surface area contributed by atoms with Crippen molar-refractivity contribution in [3.8, 4) is 0 Å². The lowest BCUT2D eigenvalue weighted by Crippen LogP contribution is -1.88. The van der Waals surface area contributed by atoms with E-state index in [1.165, 1.54) is 6.20 Å². The van der Waals surface area contributed by atoms with Gasteiger partial charge in [-0.15, -0.1) is 0 Å². The number of carbonyl (C=O) groups excluding carboxylic acids is 1. The van der Waals surface area contributed by atoms with E-state index in [-0.39, 0.29) is 11.6 Å². The molecule has 0 atom stereocenters. The Kier molecular flexibility index (Phi) is 1.99. The number of fused-ring (bicyclic) bond motifs is 1. The van der Waals surface area contributed by atoms with Crippen molar-refractivity contribution < 1.29 is 9.21 Å². The molecule has 14 heavy (non-hydrogen) atoms. The minimum absolute atomic E-state index is 0.186. The zero-order chi connectivity index (χ0) is 10.1. The number of nitrogens with zero attached hydrogens (tertiary/aromatic N) is 3. The summed E-state index contributed by atoms with van der Waals surface area (Å²) in [5.41, 5.74) is 1.02. The Morgan fingerprint density at radius 3 is 2.86 bits per heavy atom. The fraction of sp³-hybridized carbons (Fsp3) is 0.333. The Morgan fingerprint density at radius 1 is 1.43 bits per heavy atom. The number of aldehydes is 1. The van der Waals surface area contributed by atoms with E-state index in [1.807, 2.05) is 13.8 Å². The molecule has 0 bridgehead atoms. The zero-order valence-electron chi connectivity index (χ0n) is 7.89. The summed E-state index contributed by atoms with van der Waals surface area (Å²) in [6.07, 6.45) is 2.01. The van der Waals surface area contributed by atoms with Crippen LogP contribution in [0.5, 0.6) is 0 Å². The molecule has 5 nitrogen and oxygen atoms in total. The van der Waals surface area contributed by atoms with Gasteiger partial charge in [-0.1, -0.05) is 13.8 Å². The Bertz CT molecular complexity index is 476. The van der Waals surface area contributed by atoms with E-state index in [2.05, 4.69) is 15.0 Å². The molecule has 0 saturated heterocycles. The van der Waals surface area contributed by atoms with E-state index in [0.29, 0.717) is 23.5 Å². The molecule has 72 valence electrons. The summed E-state index contributed by atoms with van der Waals surface area (Å²) in [5.74, 6) is 0.772. The van der Waals surface area contributed by atoms with Crippen LogP contribution in [0.15, 0.2) is 10.6 Å². The third-order valence-electron chi connectivity index (χ3n) is 1.77. The number of hydrogen-bond acceptors (Lipinski definition) is 5. The van der Waals surface area contributed by atoms with Gasteiger partial charge >= 0.3 is 0 Å². The van der Waals surface area contributed by atoms with Crippen LogP contribution in [-0.2, 0) is 0 Å². The van der Waals surface area contributed by atoms with Gasteiger partial charge in [0.05, 0.1) is 6.20 Å². The SMILES string of the molecule is CC(C)c1nc2ncc(C=O)nc2o1. The van der Waals surface area contributed by atoms with Gasteiger partial charge in [0.25, 0.3) is 5.71 Å². The van der Waals surface area contributed by atoms with Gasteiger partial charge in [0.2, 0.25) is 11.5 Å². The minimum atomic E-state index is 0.186. The number of oxazole rings is 1. The summed E-state index contributed by atoms with van der Waals surface area (Å²) < 4.78 is 5.33. The summed E-state index contributed by atoms with van der Waals surface area (Å²) in [4.78, 5) is 22.5. The molecule has 0 saturated carbocycles. The lowest BCUT2D eigenvalue weighted by atomic mass is 10.2. The smallest absolute Gasteiger partial charge is 0.267 e. The predicted molar refractivity (Wildman–Crippen MR) is 49.1 cm³/mol. The second-order valence-electron chi connectivity index (χ2n) is 3.25. The van der Waals surface area contributed by atoms with Crippen molar-refractivity contribution in [1.82, 2.24) is 15.0 Å². The van der Waals surface area contributed by atoms with Gasteiger partial charge in [-0.2, -0.15) is 4.98 Å². The lowest BCUT2D eigenvalue weighted by Gasteiger charge is -1.92. The first-order valence-electron chi connectivity index (χ1n) is 4.29. The van der Waals surface area contributed by atoms with E-state index in [0.717, 1.165) is 0 Å². The zero-order valence-corrected chi connectivity index (χ0v) is 7.89. The topological polar surface area (TPSA) is 68.9 Å². The summed E-state index contributed by atoms with van der Waals surface area (Å²) in [6, 6.07) is 0. The average Bonchev–Trinajstić information content (AvgIpc) is 2.59. The molecule has 5 heteroatoms. The molecule has 0 radical (unpaired) electrons. The molecular formula is C9H9N3O2. The molecular weight excluding hydrogens is 182 g/mol. The van der Waals surface area contributed by atoms with Crippen molar-refractivity contribution in [2.24, 2.45) is 0 Å². The van der Waals surface area contributed by atoms with Crippen molar-refractivity contribution in [1.29, 1.82) is 0 Å². The van der Waals surface area contributed by atoms with Gasteiger partial charge in [-0.25, -0.2) is 9.97 Å². The maximum Gasteiger partial charge on any atom is 0.267 e. The highest BCUT2D eigenvalue weighted by atomic mass is 16.4. The molecule has 0 aliphatic carbocycles. The third kappa shape index (κ3) is 1.37. The van der Waals surface area contributed by atoms with Crippen LogP contribution >= 0.6 is 0 Å². The number of rotatable bonds is 2. The molecule has 0 unspecified atom stereocenters. The number of hydrogen-bond donors (Lipinski definition) is 0. The first-order chi connectivity index (χ1) is 6.70. The number of carbonyl (C=O) groups is 1. The standard InChI is InChI=1S/C9H9N3O2/c1-5(2)8-12-7-9(14-8)11-6(4-13)3-10-7/h3-5H,1-2H3. The first kappa shape index (κ1) is 8.80. The fourth-order valence-corrected chi connectivity index (χ4v) is 1.05. The van der Waals surface area contributed by atoms with Crippen molar-refractivity contribution in [2.45, 2.75) is 19.8 Å². The monoisotopic (exact) mass is 191 g/mol. The second-order valence-corrected chi connectivity index (χ2v) is 3.25. The van der Waals surface area contributed by atoms with Crippen molar-refractivity contribution in [3.05, 3.63) is 17.8 Å². The lowest BCUT2D eigenvalue weighted by molar-refractivity contribution is 0.111. The Morgan fingerprint density at radius 2 is 2.21 bits per heavy atom. The summed E-state index contributed by atoms with van der Waals surface area (Å²) in [5, 5.41) is 0. The van der Waals surface area contributed by atoms with Crippen LogP contribution in [-0.4, -0.2) is 21.2 Å². The molecule has 0 aliphatic rings. The van der Waals surface area contributed by atoms with Gasteiger partial charge < -0.3 is 4.42 Å². The maximum absolute atomic E-state index is 10.4. The first-order valence-corrected chi connectivity index (χ1v) is 4.29. The molecule has 0 spiro atoms. The van der Waals surface area contributed by atoms with Crippen LogP contribution in [0, 0.1) is 0 Å². The van der Waals surface area contributed by atoms with Crippen molar-refractivity contribution in [3.63, 3.8) is 0 Å². The van der Waals surface area contributed by atoms with Crippen LogP contribution < -0.4 is 0 Å². The molecule has 0 amide bonds. The van der Waals surface area contributed by atoms with Crippen LogP contribution in [0.2, 0.25) is 0 Å². The van der Waals surface area contributed by atoms with Crippen LogP contribution in [0.25, 0.3) is 11.4 Å². The molecule has 0 N–H and O–H groups in total. The number of aromatic nitrogens is 3. The van der Waals surface area contributed by atoms with Crippen LogP contribution in [0.4, 0.5) is 0 Å². The fourth-order valence-electron chi connectivity index (χ4n) is 1.05. The summed E-state index contributed by atoms with van der Waals surface area (Å²) in [7, 11) is 0. The van der Waals surface area contributed by atoms with E-state index in [1.54, 1.807) is 0 Å². The van der Waals surface area contributed by atoms with Gasteiger partial charge in [0, 0.05) is 5.92 Å². The van der Waals surface area contributed by atoms with Gasteiger partial charge in [-0.3, -0.25) is 4.79 Å². The molecule has 0 aromatic carbocycles. The Balaban J connectivity index is 2.59. The largest absolute Gasteiger partial charge is 0.421 e. The average molecular weight is 191 g/mol. The molecule has 2 heterocycles. The normalized spacial score (nSPS) is 11.1. The van der Waals surface area contributed by atoms with E-state index in [9.17, 15) is 4.79 Å². The highest BCUT2D eigenvalue weighted by Crippen LogP contribution is 2.17. The second kappa shape index (κ2) is 3.17. The maximum atomic E-state index is 10.4. The van der Waals surface area contributed by atoms with E-state index < -0.39 is 0 Å². The summed E-state index contributed by atoms with van der Waals surface area (Å²) >= 11 is 0. The minimum Gasteiger partial charge on any atom is -0.421 e. The quantitative estimate of drug-likeness (QED) is 0.673. The molecule has 2 aromatic rings. The van der Waals surface area contributed by atoms with Crippen LogP contribution in [0.3, 0.4) is 0 Å². The molecule has 0 aliphatic heterocycles. The highest BCUT2D eigenvalue weighted by molar-refractivity contribution is 5.75. The molecule has 2 aromatic heterocycles. The van der Waals surface area contributed by atoms with Crippen LogP contribution in [0.1, 0.15) is 36.1 Å². The molecule has 0 fully saturated rings. The highest BCUT2D eigenvalue weighted by Gasteiger charge is 2.11. The Labute approximate surface area is 80.2 Å². The van der Waals surface area contributed by atoms with Crippen molar-refractivity contribution >= 4 is 17.6 Å². The molecule has 2 rings (SSSR count). The van der Waals surface area contributed by atoms with Crippen molar-refractivity contribution in [2.75, 3.05) is 0 Å². The predicted octanol–water partition coefficient (Wildman–Crippen LogP) is 1.55. The van der Waals surface area contributed by atoms with Gasteiger partial charge in [0.1, 0.15) is 5.69 Å². The Hall–Kier alpha value is -1.78. The van der Waals surface area contributed by atoms with Gasteiger partial charge in [-0.05, 0) is 0 Å².